The molecule has 25 heavy (non-hydrogen) atoms. The van der Waals surface area contributed by atoms with Gasteiger partial charge in [0.05, 0.1) is 12.7 Å². The highest BCUT2D eigenvalue weighted by Gasteiger charge is 2.19. The van der Waals surface area contributed by atoms with Crippen molar-refractivity contribution in [3.63, 3.8) is 0 Å². The number of nitrogens with one attached hydrogen (secondary N) is 2. The van der Waals surface area contributed by atoms with Gasteiger partial charge in [-0.25, -0.2) is 0 Å². The SMILES string of the molecule is CN=C(NCCOC1CCCCCC1)NCC(C)N1CCN(C)CC1. The fraction of sp³-hybridized carbons (Fsp3) is 0.947. The second-order valence-electron chi connectivity index (χ2n) is 7.55. The highest BCUT2D eigenvalue weighted by molar-refractivity contribution is 5.79. The summed E-state index contributed by atoms with van der Waals surface area (Å²) in [6.45, 7) is 9.43. The molecule has 2 fully saturated rings. The van der Waals surface area contributed by atoms with Crippen LogP contribution in [-0.4, -0.2) is 87.9 Å². The molecule has 1 aliphatic carbocycles. The Morgan fingerprint density at radius 2 is 1.76 bits per heavy atom. The maximum Gasteiger partial charge on any atom is 0.191 e. The van der Waals surface area contributed by atoms with Crippen LogP contribution in [0.1, 0.15) is 45.4 Å². The third-order valence-electron chi connectivity index (χ3n) is 5.50. The molecule has 0 aromatic rings. The van der Waals surface area contributed by atoms with Gasteiger partial charge in [-0.05, 0) is 26.8 Å². The van der Waals surface area contributed by atoms with Crippen LogP contribution in [0.3, 0.4) is 0 Å². The van der Waals surface area contributed by atoms with Crippen molar-refractivity contribution in [2.45, 2.75) is 57.6 Å². The van der Waals surface area contributed by atoms with Gasteiger partial charge in [0, 0.05) is 52.4 Å². The Morgan fingerprint density at radius 1 is 1.08 bits per heavy atom. The van der Waals surface area contributed by atoms with Crippen LogP contribution in [0.4, 0.5) is 0 Å². The standard InChI is InChI=1S/C19H39N5O/c1-17(24-13-11-23(3)12-14-24)16-22-19(20-2)21-10-15-25-18-8-6-4-5-7-9-18/h17-18H,4-16H2,1-3H3,(H2,20,21,22). The Hall–Kier alpha value is -0.850. The van der Waals surface area contributed by atoms with Crippen LogP contribution < -0.4 is 10.6 Å². The summed E-state index contributed by atoms with van der Waals surface area (Å²) >= 11 is 0. The van der Waals surface area contributed by atoms with E-state index < -0.39 is 0 Å². The first-order chi connectivity index (χ1) is 12.2. The number of hydrogen-bond acceptors (Lipinski definition) is 4. The van der Waals surface area contributed by atoms with Crippen molar-refractivity contribution in [1.82, 2.24) is 20.4 Å². The molecule has 1 saturated carbocycles. The molecule has 0 bridgehead atoms. The average molecular weight is 354 g/mol. The molecule has 1 aliphatic heterocycles. The summed E-state index contributed by atoms with van der Waals surface area (Å²) in [6.07, 6.45) is 8.33. The molecule has 2 N–H and O–H groups in total. The average Bonchev–Trinajstić information content (AvgIpc) is 2.90. The highest BCUT2D eigenvalue weighted by Crippen LogP contribution is 2.19. The lowest BCUT2D eigenvalue weighted by atomic mass is 10.1. The van der Waals surface area contributed by atoms with Gasteiger partial charge in [-0.1, -0.05) is 25.7 Å². The molecule has 6 heteroatoms. The van der Waals surface area contributed by atoms with E-state index in [1.807, 2.05) is 7.05 Å². The van der Waals surface area contributed by atoms with Gasteiger partial charge in [-0.2, -0.15) is 0 Å². The van der Waals surface area contributed by atoms with Gasteiger partial charge in [-0.3, -0.25) is 9.89 Å². The highest BCUT2D eigenvalue weighted by atomic mass is 16.5. The van der Waals surface area contributed by atoms with E-state index in [9.17, 15) is 0 Å². The minimum Gasteiger partial charge on any atom is -0.376 e. The molecule has 0 spiro atoms. The van der Waals surface area contributed by atoms with Gasteiger partial charge < -0.3 is 20.3 Å². The maximum absolute atomic E-state index is 6.03. The lowest BCUT2D eigenvalue weighted by Gasteiger charge is -2.36. The summed E-state index contributed by atoms with van der Waals surface area (Å²) in [6, 6.07) is 0.523. The first-order valence-corrected chi connectivity index (χ1v) is 10.2. The number of ether oxygens (including phenoxy) is 1. The van der Waals surface area contributed by atoms with E-state index >= 15 is 0 Å². The Labute approximate surface area is 154 Å². The van der Waals surface area contributed by atoms with Crippen LogP contribution in [0, 0.1) is 0 Å². The van der Waals surface area contributed by atoms with Crippen LogP contribution >= 0.6 is 0 Å². The molecule has 1 saturated heterocycles. The number of hydrogen-bond donors (Lipinski definition) is 2. The van der Waals surface area contributed by atoms with Gasteiger partial charge in [0.1, 0.15) is 0 Å². The number of piperazine rings is 1. The molecule has 1 atom stereocenters. The van der Waals surface area contributed by atoms with Crippen LogP contribution in [0.5, 0.6) is 0 Å². The summed E-state index contributed by atoms with van der Waals surface area (Å²) in [5.74, 6) is 0.880. The van der Waals surface area contributed by atoms with Crippen LogP contribution in [0.15, 0.2) is 4.99 Å². The third-order valence-corrected chi connectivity index (χ3v) is 5.50. The molecule has 0 aromatic heterocycles. The largest absolute Gasteiger partial charge is 0.376 e. The summed E-state index contributed by atoms with van der Waals surface area (Å²) in [5, 5.41) is 6.83. The van der Waals surface area contributed by atoms with Crippen LogP contribution in [-0.2, 0) is 4.74 Å². The maximum atomic E-state index is 6.03. The topological polar surface area (TPSA) is 52.1 Å². The van der Waals surface area contributed by atoms with Gasteiger partial charge in [-0.15, -0.1) is 0 Å². The van der Waals surface area contributed by atoms with Crippen LogP contribution in [0.25, 0.3) is 0 Å². The van der Waals surface area contributed by atoms with Crippen molar-refractivity contribution in [3.8, 4) is 0 Å². The zero-order valence-electron chi connectivity index (χ0n) is 16.6. The Balaban J connectivity index is 1.57. The van der Waals surface area contributed by atoms with Gasteiger partial charge in [0.25, 0.3) is 0 Å². The minimum atomic E-state index is 0.469. The lowest BCUT2D eigenvalue weighted by Crippen LogP contribution is -2.52. The summed E-state index contributed by atoms with van der Waals surface area (Å²) in [5.41, 5.74) is 0. The Morgan fingerprint density at radius 3 is 2.40 bits per heavy atom. The van der Waals surface area contributed by atoms with Crippen molar-refractivity contribution < 1.29 is 4.74 Å². The van der Waals surface area contributed by atoms with E-state index in [4.69, 9.17) is 4.74 Å². The second kappa shape index (κ2) is 11.7. The van der Waals surface area contributed by atoms with Gasteiger partial charge in [0.2, 0.25) is 0 Å². The van der Waals surface area contributed by atoms with Crippen LogP contribution in [0.2, 0.25) is 0 Å². The van der Waals surface area contributed by atoms with E-state index in [2.05, 4.69) is 39.4 Å². The zero-order chi connectivity index (χ0) is 17.9. The molecule has 1 heterocycles. The van der Waals surface area contributed by atoms with Gasteiger partial charge >= 0.3 is 0 Å². The first kappa shape index (κ1) is 20.5. The van der Waals surface area contributed by atoms with E-state index in [0.717, 1.165) is 51.8 Å². The first-order valence-electron chi connectivity index (χ1n) is 10.2. The van der Waals surface area contributed by atoms with Crippen molar-refractivity contribution in [3.05, 3.63) is 0 Å². The third kappa shape index (κ3) is 7.92. The Bertz CT molecular complexity index is 374. The minimum absolute atomic E-state index is 0.469. The molecular formula is C19H39N5O. The van der Waals surface area contributed by atoms with E-state index in [-0.39, 0.29) is 0 Å². The smallest absolute Gasteiger partial charge is 0.191 e. The monoisotopic (exact) mass is 353 g/mol. The van der Waals surface area contributed by atoms with E-state index in [1.54, 1.807) is 0 Å². The van der Waals surface area contributed by atoms with Gasteiger partial charge in [0.15, 0.2) is 5.96 Å². The van der Waals surface area contributed by atoms with E-state index in [1.165, 1.54) is 38.5 Å². The Kier molecular flexibility index (Phi) is 9.58. The normalized spacial score (nSPS) is 23.2. The molecule has 2 aliphatic rings. The summed E-state index contributed by atoms with van der Waals surface area (Å²) in [7, 11) is 4.03. The molecular weight excluding hydrogens is 314 g/mol. The molecule has 146 valence electrons. The predicted octanol–water partition coefficient (Wildman–Crippen LogP) is 1.53. The van der Waals surface area contributed by atoms with Crippen molar-refractivity contribution in [1.29, 1.82) is 0 Å². The zero-order valence-corrected chi connectivity index (χ0v) is 16.6. The second-order valence-corrected chi connectivity index (χ2v) is 7.55. The van der Waals surface area contributed by atoms with E-state index in [0.29, 0.717) is 12.1 Å². The molecule has 6 nitrogen and oxygen atoms in total. The quantitative estimate of drug-likeness (QED) is 0.315. The molecule has 0 amide bonds. The predicted molar refractivity (Wildman–Crippen MR) is 105 cm³/mol. The van der Waals surface area contributed by atoms with Crippen molar-refractivity contribution >= 4 is 5.96 Å². The number of likely N-dealkylation sites (N-methyl/N-ethyl adjacent to an activating group) is 1. The molecule has 0 radical (unpaired) electrons. The number of nitrogens with zero attached hydrogens (tertiary/aromatic N) is 3. The fourth-order valence-corrected chi connectivity index (χ4v) is 3.66. The summed E-state index contributed by atoms with van der Waals surface area (Å²) in [4.78, 5) is 9.27. The molecule has 2 rings (SSSR count). The van der Waals surface area contributed by atoms with Crippen molar-refractivity contribution in [2.75, 3.05) is 60.0 Å². The molecule has 0 aromatic carbocycles. The summed E-state index contributed by atoms with van der Waals surface area (Å²) < 4.78 is 6.03. The number of rotatable bonds is 7. The van der Waals surface area contributed by atoms with Crippen molar-refractivity contribution in [2.24, 2.45) is 4.99 Å². The fourth-order valence-electron chi connectivity index (χ4n) is 3.66. The number of aliphatic imine (C=N–C) groups is 1. The number of guanidine groups is 1. The molecule has 1 unspecified atom stereocenters. The lowest BCUT2D eigenvalue weighted by molar-refractivity contribution is 0.0468.